The van der Waals surface area contributed by atoms with Crippen molar-refractivity contribution in [2.24, 2.45) is 7.05 Å². The van der Waals surface area contributed by atoms with Gasteiger partial charge in [0, 0.05) is 31.1 Å². The topological polar surface area (TPSA) is 46.9 Å². The molecule has 6 heteroatoms. The van der Waals surface area contributed by atoms with E-state index in [9.17, 15) is 13.6 Å². The number of halogens is 2. The maximum Gasteiger partial charge on any atom is 0.270 e. The van der Waals surface area contributed by atoms with Gasteiger partial charge in [-0.05, 0) is 48.6 Å². The molecule has 1 saturated carbocycles. The molecule has 0 aliphatic heterocycles. The number of aryl methyl sites for hydroxylation is 2. The lowest BCUT2D eigenvalue weighted by molar-refractivity contribution is 0.0923. The molecule has 4 rings (SSSR count). The number of benzene rings is 1. The van der Waals surface area contributed by atoms with Crippen molar-refractivity contribution in [1.82, 2.24) is 14.9 Å². The number of hydrogen-bond donors (Lipinski definition) is 1. The molecule has 1 aromatic carbocycles. The van der Waals surface area contributed by atoms with E-state index in [0.29, 0.717) is 11.3 Å². The Labute approximate surface area is 168 Å². The predicted molar refractivity (Wildman–Crippen MR) is 109 cm³/mol. The van der Waals surface area contributed by atoms with E-state index >= 15 is 0 Å². The Kier molecular flexibility index (Phi) is 5.35. The number of nitrogens with one attached hydrogen (secondary N) is 1. The molecule has 1 fully saturated rings. The molecule has 1 aliphatic rings. The van der Waals surface area contributed by atoms with Crippen molar-refractivity contribution in [3.05, 3.63) is 64.5 Å². The third-order valence-corrected chi connectivity index (χ3v) is 5.78. The van der Waals surface area contributed by atoms with Gasteiger partial charge >= 0.3 is 0 Å². The molecule has 3 aromatic rings. The smallest absolute Gasteiger partial charge is 0.270 e. The average Bonchev–Trinajstić information content (AvgIpc) is 3.00. The molecule has 0 radical (unpaired) electrons. The van der Waals surface area contributed by atoms with Gasteiger partial charge in [0.25, 0.3) is 5.91 Å². The number of pyridine rings is 1. The van der Waals surface area contributed by atoms with Gasteiger partial charge in [0.05, 0.1) is 0 Å². The molecule has 29 heavy (non-hydrogen) atoms. The molecule has 1 aliphatic carbocycles. The lowest BCUT2D eigenvalue weighted by atomic mass is 9.95. The van der Waals surface area contributed by atoms with E-state index in [1.54, 1.807) is 12.1 Å². The number of hydrogen-bond acceptors (Lipinski definition) is 2. The molecule has 0 spiro atoms. The van der Waals surface area contributed by atoms with Crippen LogP contribution in [0.15, 0.2) is 30.5 Å². The fourth-order valence-corrected chi connectivity index (χ4v) is 4.34. The zero-order valence-corrected chi connectivity index (χ0v) is 16.8. The zero-order chi connectivity index (χ0) is 20.5. The minimum Gasteiger partial charge on any atom is -0.348 e. The minimum absolute atomic E-state index is 0.174. The van der Waals surface area contributed by atoms with Gasteiger partial charge in [-0.15, -0.1) is 0 Å². The maximum absolute atomic E-state index is 14.3. The van der Waals surface area contributed by atoms with E-state index in [1.165, 1.54) is 12.5 Å². The van der Waals surface area contributed by atoms with Crippen LogP contribution < -0.4 is 5.32 Å². The van der Waals surface area contributed by atoms with E-state index in [-0.39, 0.29) is 23.9 Å². The van der Waals surface area contributed by atoms with Crippen LogP contribution in [0.5, 0.6) is 0 Å². The summed E-state index contributed by atoms with van der Waals surface area (Å²) < 4.78 is 29.8. The highest BCUT2D eigenvalue weighted by Gasteiger charge is 2.21. The van der Waals surface area contributed by atoms with Gasteiger partial charge in [-0.3, -0.25) is 4.79 Å². The fraction of sp³-hybridized carbons (Fsp3) is 0.391. The van der Waals surface area contributed by atoms with Gasteiger partial charge in [0.1, 0.15) is 11.3 Å². The number of carbonyl (C=O) groups excluding carboxylic acids is 1. The first-order valence-corrected chi connectivity index (χ1v) is 10.1. The summed E-state index contributed by atoms with van der Waals surface area (Å²) in [7, 11) is 1.87. The second-order valence-electron chi connectivity index (χ2n) is 7.99. The molecule has 0 atom stereocenters. The normalized spacial score (nSPS) is 15.0. The van der Waals surface area contributed by atoms with Crippen molar-refractivity contribution in [2.75, 3.05) is 0 Å². The summed E-state index contributed by atoms with van der Waals surface area (Å²) in [4.78, 5) is 17.5. The SMILES string of the molecule is Cc1cn(C)c2nc(C(=O)NC3CCCCC3)cc(Cc3cccc(F)c3F)c12. The number of aromatic nitrogens is 2. The predicted octanol–water partition coefficient (Wildman–Crippen LogP) is 4.81. The highest BCUT2D eigenvalue weighted by molar-refractivity contribution is 5.96. The van der Waals surface area contributed by atoms with Gasteiger partial charge in [-0.1, -0.05) is 31.4 Å². The van der Waals surface area contributed by atoms with Crippen molar-refractivity contribution in [3.8, 4) is 0 Å². The van der Waals surface area contributed by atoms with Gasteiger partial charge < -0.3 is 9.88 Å². The first-order valence-electron chi connectivity index (χ1n) is 10.1. The van der Waals surface area contributed by atoms with Crippen LogP contribution in [0.2, 0.25) is 0 Å². The first-order chi connectivity index (χ1) is 13.9. The first kappa shape index (κ1) is 19.6. The van der Waals surface area contributed by atoms with Crippen LogP contribution in [-0.4, -0.2) is 21.5 Å². The highest BCUT2D eigenvalue weighted by Crippen LogP contribution is 2.27. The van der Waals surface area contributed by atoms with Gasteiger partial charge in [0.2, 0.25) is 0 Å². The Hall–Kier alpha value is -2.76. The summed E-state index contributed by atoms with van der Waals surface area (Å²) in [6.45, 7) is 1.96. The summed E-state index contributed by atoms with van der Waals surface area (Å²) in [5.41, 5.74) is 3.01. The third kappa shape index (κ3) is 3.88. The van der Waals surface area contributed by atoms with Crippen molar-refractivity contribution in [1.29, 1.82) is 0 Å². The van der Waals surface area contributed by atoms with Crippen molar-refractivity contribution in [3.63, 3.8) is 0 Å². The molecule has 0 saturated heterocycles. The molecule has 0 unspecified atom stereocenters. The molecule has 1 N–H and O–H groups in total. The zero-order valence-electron chi connectivity index (χ0n) is 16.8. The lowest BCUT2D eigenvalue weighted by Gasteiger charge is -2.22. The van der Waals surface area contributed by atoms with Crippen molar-refractivity contribution in [2.45, 2.75) is 51.5 Å². The Bertz CT molecular complexity index is 1070. The van der Waals surface area contributed by atoms with E-state index < -0.39 is 11.6 Å². The summed E-state index contributed by atoms with van der Waals surface area (Å²) >= 11 is 0. The van der Waals surface area contributed by atoms with Crippen LogP contribution in [0, 0.1) is 18.6 Å². The van der Waals surface area contributed by atoms with E-state index in [2.05, 4.69) is 10.3 Å². The van der Waals surface area contributed by atoms with Crippen molar-refractivity contribution >= 4 is 16.9 Å². The summed E-state index contributed by atoms with van der Waals surface area (Å²) in [5.74, 6) is -1.93. The molecule has 152 valence electrons. The monoisotopic (exact) mass is 397 g/mol. The Morgan fingerprint density at radius 3 is 2.72 bits per heavy atom. The van der Waals surface area contributed by atoms with Crippen LogP contribution in [0.3, 0.4) is 0 Å². The standard InChI is InChI=1S/C23H25F2N3O/c1-14-13-28(2)22-20(14)16(11-15-7-6-10-18(24)21(15)25)12-19(27-22)23(29)26-17-8-4-3-5-9-17/h6-7,10,12-13,17H,3-5,8-9,11H2,1-2H3,(H,26,29). The fourth-order valence-electron chi connectivity index (χ4n) is 4.34. The van der Waals surface area contributed by atoms with E-state index in [4.69, 9.17) is 0 Å². The number of amides is 1. The van der Waals surface area contributed by atoms with Crippen LogP contribution in [0.25, 0.3) is 11.0 Å². The van der Waals surface area contributed by atoms with Gasteiger partial charge in [-0.25, -0.2) is 13.8 Å². The Balaban J connectivity index is 1.74. The highest BCUT2D eigenvalue weighted by atomic mass is 19.2. The quantitative estimate of drug-likeness (QED) is 0.687. The Morgan fingerprint density at radius 2 is 1.97 bits per heavy atom. The number of carbonyl (C=O) groups is 1. The Morgan fingerprint density at radius 1 is 1.21 bits per heavy atom. The van der Waals surface area contributed by atoms with Crippen LogP contribution in [0.4, 0.5) is 8.78 Å². The summed E-state index contributed by atoms with van der Waals surface area (Å²) in [6.07, 6.45) is 7.56. The molecule has 2 heterocycles. The molecular formula is C23H25F2N3O. The minimum atomic E-state index is -0.868. The number of fused-ring (bicyclic) bond motifs is 1. The molecule has 0 bridgehead atoms. The number of rotatable bonds is 4. The largest absolute Gasteiger partial charge is 0.348 e. The summed E-state index contributed by atoms with van der Waals surface area (Å²) in [6, 6.07) is 6.08. The molecular weight excluding hydrogens is 372 g/mol. The lowest BCUT2D eigenvalue weighted by Crippen LogP contribution is -2.36. The molecule has 4 nitrogen and oxygen atoms in total. The van der Waals surface area contributed by atoms with Crippen LogP contribution in [-0.2, 0) is 13.5 Å². The van der Waals surface area contributed by atoms with Crippen molar-refractivity contribution < 1.29 is 13.6 Å². The van der Waals surface area contributed by atoms with E-state index in [1.807, 2.05) is 24.7 Å². The second kappa shape index (κ2) is 7.93. The summed E-state index contributed by atoms with van der Waals surface area (Å²) in [5, 5.41) is 3.97. The second-order valence-corrected chi connectivity index (χ2v) is 7.99. The van der Waals surface area contributed by atoms with E-state index in [0.717, 1.165) is 48.3 Å². The number of nitrogens with zero attached hydrogens (tertiary/aromatic N) is 2. The van der Waals surface area contributed by atoms with Gasteiger partial charge in [0.15, 0.2) is 11.6 Å². The average molecular weight is 397 g/mol. The molecule has 2 aromatic heterocycles. The van der Waals surface area contributed by atoms with Gasteiger partial charge in [-0.2, -0.15) is 0 Å². The third-order valence-electron chi connectivity index (χ3n) is 5.78. The van der Waals surface area contributed by atoms with Crippen LogP contribution >= 0.6 is 0 Å². The van der Waals surface area contributed by atoms with Crippen LogP contribution in [0.1, 0.15) is 59.3 Å². The maximum atomic E-state index is 14.3. The molecule has 1 amide bonds.